The van der Waals surface area contributed by atoms with Crippen LogP contribution < -0.4 is 4.74 Å². The zero-order valence-electron chi connectivity index (χ0n) is 14.8. The first kappa shape index (κ1) is 17.0. The van der Waals surface area contributed by atoms with Crippen LogP contribution in [0.3, 0.4) is 0 Å². The fraction of sp³-hybridized carbons (Fsp3) is 0.300. The van der Waals surface area contributed by atoms with Gasteiger partial charge in [-0.05, 0) is 42.2 Å². The van der Waals surface area contributed by atoms with Gasteiger partial charge in [0, 0.05) is 30.9 Å². The van der Waals surface area contributed by atoms with Gasteiger partial charge in [-0.1, -0.05) is 37.2 Å². The van der Waals surface area contributed by atoms with Crippen molar-refractivity contribution in [2.24, 2.45) is 5.16 Å². The molecule has 3 rings (SSSR count). The topological polar surface area (TPSA) is 58.0 Å². The smallest absolute Gasteiger partial charge is 0.219 e. The Kier molecular flexibility index (Phi) is 5.03. The van der Waals surface area contributed by atoms with E-state index in [0.29, 0.717) is 17.6 Å². The number of hydrogen-bond acceptors (Lipinski definition) is 4. The highest BCUT2D eigenvalue weighted by molar-refractivity contribution is 5.98. The highest BCUT2D eigenvalue weighted by atomic mass is 16.5. The summed E-state index contributed by atoms with van der Waals surface area (Å²) in [6.45, 7) is 7.85. The molecule has 2 aromatic rings. The largest absolute Gasteiger partial charge is 0.439 e. The Morgan fingerprint density at radius 3 is 2.56 bits per heavy atom. The molecule has 5 heteroatoms. The fourth-order valence-corrected chi connectivity index (χ4v) is 2.82. The molecule has 0 bridgehead atoms. The van der Waals surface area contributed by atoms with Crippen molar-refractivity contribution in [3.63, 3.8) is 0 Å². The van der Waals surface area contributed by atoms with Gasteiger partial charge in [-0.2, -0.15) is 0 Å². The first-order valence-electron chi connectivity index (χ1n) is 8.44. The number of rotatable bonds is 4. The first-order valence-corrected chi connectivity index (χ1v) is 8.44. The van der Waals surface area contributed by atoms with Crippen LogP contribution in [0, 0.1) is 6.92 Å². The molecule has 0 aliphatic carbocycles. The van der Waals surface area contributed by atoms with E-state index in [-0.39, 0.29) is 0 Å². The molecule has 1 aliphatic rings. The highest BCUT2D eigenvalue weighted by Gasteiger charge is 2.16. The number of nitrogens with zero attached hydrogens (tertiary/aromatic N) is 3. The van der Waals surface area contributed by atoms with Gasteiger partial charge in [0.05, 0.1) is 0 Å². The standard InChI is InChI=1S/C20H23N3O2/c1-14(2)17-10-15(3)11-18(12-17)25-19-7-6-16(13-21-19)20(22-24)23-8-4-5-9-23/h4-7,10-14,24H,8-9H2,1-3H3/b22-20-. The van der Waals surface area contributed by atoms with E-state index in [9.17, 15) is 5.21 Å². The van der Waals surface area contributed by atoms with Crippen molar-refractivity contribution in [3.8, 4) is 11.6 Å². The lowest BCUT2D eigenvalue weighted by Gasteiger charge is -2.18. The second kappa shape index (κ2) is 7.38. The first-order chi connectivity index (χ1) is 12.1. The van der Waals surface area contributed by atoms with Crippen LogP contribution in [0.4, 0.5) is 0 Å². The van der Waals surface area contributed by atoms with Crippen molar-refractivity contribution in [1.29, 1.82) is 0 Å². The van der Waals surface area contributed by atoms with E-state index in [0.717, 1.165) is 30.0 Å². The van der Waals surface area contributed by atoms with Crippen LogP contribution in [0.15, 0.2) is 53.8 Å². The maximum atomic E-state index is 9.32. The molecule has 0 atom stereocenters. The maximum Gasteiger partial charge on any atom is 0.219 e. The second-order valence-electron chi connectivity index (χ2n) is 6.52. The van der Waals surface area contributed by atoms with E-state index in [1.54, 1.807) is 12.3 Å². The Morgan fingerprint density at radius 2 is 1.96 bits per heavy atom. The number of pyridine rings is 1. The minimum atomic E-state index is 0.440. The predicted octanol–water partition coefficient (Wildman–Crippen LogP) is 4.31. The lowest BCUT2D eigenvalue weighted by atomic mass is 10.0. The summed E-state index contributed by atoms with van der Waals surface area (Å²) in [6, 6.07) is 9.86. The Morgan fingerprint density at radius 1 is 1.20 bits per heavy atom. The third-order valence-corrected chi connectivity index (χ3v) is 4.17. The van der Waals surface area contributed by atoms with E-state index in [1.165, 1.54) is 5.56 Å². The molecule has 25 heavy (non-hydrogen) atoms. The minimum Gasteiger partial charge on any atom is -0.439 e. The van der Waals surface area contributed by atoms with Gasteiger partial charge in [0.25, 0.3) is 0 Å². The molecule has 0 saturated heterocycles. The number of ether oxygens (including phenoxy) is 1. The molecule has 1 aromatic heterocycles. The third-order valence-electron chi connectivity index (χ3n) is 4.17. The zero-order valence-corrected chi connectivity index (χ0v) is 14.8. The molecule has 5 nitrogen and oxygen atoms in total. The molecule has 130 valence electrons. The van der Waals surface area contributed by atoms with E-state index < -0.39 is 0 Å². The molecular formula is C20H23N3O2. The molecule has 0 radical (unpaired) electrons. The van der Waals surface area contributed by atoms with Crippen LogP contribution >= 0.6 is 0 Å². The van der Waals surface area contributed by atoms with E-state index in [1.807, 2.05) is 35.3 Å². The normalized spacial score (nSPS) is 14.4. The average molecular weight is 337 g/mol. The lowest BCUT2D eigenvalue weighted by molar-refractivity contribution is 0.308. The minimum absolute atomic E-state index is 0.440. The van der Waals surface area contributed by atoms with E-state index in [2.05, 4.69) is 37.0 Å². The molecule has 2 heterocycles. The number of oxime groups is 1. The molecule has 1 aliphatic heterocycles. The van der Waals surface area contributed by atoms with Gasteiger partial charge in [-0.25, -0.2) is 4.98 Å². The van der Waals surface area contributed by atoms with Gasteiger partial charge in [-0.3, -0.25) is 0 Å². The van der Waals surface area contributed by atoms with Crippen LogP contribution in [0.25, 0.3) is 0 Å². The summed E-state index contributed by atoms with van der Waals surface area (Å²) in [5.74, 6) is 2.25. The van der Waals surface area contributed by atoms with Gasteiger partial charge < -0.3 is 14.8 Å². The van der Waals surface area contributed by atoms with Crippen molar-refractivity contribution in [3.05, 3.63) is 65.4 Å². The quantitative estimate of drug-likeness (QED) is 0.297. The van der Waals surface area contributed by atoms with Crippen molar-refractivity contribution < 1.29 is 9.94 Å². The van der Waals surface area contributed by atoms with Crippen LogP contribution in [0.5, 0.6) is 11.6 Å². The third kappa shape index (κ3) is 3.99. The van der Waals surface area contributed by atoms with Crippen LogP contribution in [0.2, 0.25) is 0 Å². The van der Waals surface area contributed by atoms with Gasteiger partial charge >= 0.3 is 0 Å². The van der Waals surface area contributed by atoms with Crippen molar-refractivity contribution in [1.82, 2.24) is 9.88 Å². The van der Waals surface area contributed by atoms with Gasteiger partial charge in [0.2, 0.25) is 5.88 Å². The molecule has 0 saturated carbocycles. The highest BCUT2D eigenvalue weighted by Crippen LogP contribution is 2.26. The van der Waals surface area contributed by atoms with E-state index in [4.69, 9.17) is 4.74 Å². The lowest BCUT2D eigenvalue weighted by Crippen LogP contribution is -2.29. The van der Waals surface area contributed by atoms with Gasteiger partial charge in [0.15, 0.2) is 5.84 Å². The molecular weight excluding hydrogens is 314 g/mol. The SMILES string of the molecule is Cc1cc(Oc2ccc(/C(=N/O)N3CC=CC3)cn2)cc(C(C)C)c1. The summed E-state index contributed by atoms with van der Waals surface area (Å²) in [4.78, 5) is 6.32. The van der Waals surface area contributed by atoms with Crippen molar-refractivity contribution >= 4 is 5.84 Å². The molecule has 0 spiro atoms. The predicted molar refractivity (Wildman–Crippen MR) is 98.6 cm³/mol. The molecule has 0 unspecified atom stereocenters. The van der Waals surface area contributed by atoms with Crippen LogP contribution in [0.1, 0.15) is 36.5 Å². The Hall–Kier alpha value is -2.82. The summed E-state index contributed by atoms with van der Waals surface area (Å²) in [7, 11) is 0. The number of hydrogen-bond donors (Lipinski definition) is 1. The molecule has 0 fully saturated rings. The van der Waals surface area contributed by atoms with Crippen molar-refractivity contribution in [2.45, 2.75) is 26.7 Å². The molecule has 1 aromatic carbocycles. The molecule has 1 N–H and O–H groups in total. The Labute approximate surface area is 148 Å². The van der Waals surface area contributed by atoms with Gasteiger partial charge in [-0.15, -0.1) is 0 Å². The summed E-state index contributed by atoms with van der Waals surface area (Å²) in [5, 5.41) is 12.7. The Balaban J connectivity index is 1.77. The van der Waals surface area contributed by atoms with Crippen LogP contribution in [-0.4, -0.2) is 34.0 Å². The molecule has 0 amide bonds. The second-order valence-corrected chi connectivity index (χ2v) is 6.52. The summed E-state index contributed by atoms with van der Waals surface area (Å²) < 4.78 is 5.90. The summed E-state index contributed by atoms with van der Waals surface area (Å²) in [6.07, 6.45) is 5.75. The summed E-state index contributed by atoms with van der Waals surface area (Å²) >= 11 is 0. The fourth-order valence-electron chi connectivity index (χ4n) is 2.82. The Bertz CT molecular complexity index is 787. The number of amidine groups is 1. The monoisotopic (exact) mass is 337 g/mol. The van der Waals surface area contributed by atoms with Crippen molar-refractivity contribution in [2.75, 3.05) is 13.1 Å². The zero-order chi connectivity index (χ0) is 17.8. The number of benzene rings is 1. The van der Waals surface area contributed by atoms with Crippen LogP contribution in [-0.2, 0) is 0 Å². The number of aromatic nitrogens is 1. The number of aryl methyl sites for hydroxylation is 1. The average Bonchev–Trinajstić information content (AvgIpc) is 3.11. The maximum absolute atomic E-state index is 9.32. The summed E-state index contributed by atoms with van der Waals surface area (Å²) in [5.41, 5.74) is 3.16. The van der Waals surface area contributed by atoms with E-state index >= 15 is 0 Å². The van der Waals surface area contributed by atoms with Gasteiger partial charge in [0.1, 0.15) is 5.75 Å².